The van der Waals surface area contributed by atoms with Gasteiger partial charge in [-0.1, -0.05) is 47.9 Å². The van der Waals surface area contributed by atoms with Crippen LogP contribution in [0.25, 0.3) is 0 Å². The Balaban J connectivity index is 1.88. The van der Waals surface area contributed by atoms with Crippen molar-refractivity contribution >= 4 is 56.3 Å². The van der Waals surface area contributed by atoms with Crippen molar-refractivity contribution in [3.05, 3.63) is 24.3 Å². The van der Waals surface area contributed by atoms with Gasteiger partial charge in [-0.3, -0.25) is 4.79 Å². The maximum Gasteiger partial charge on any atom is 0.234 e. The van der Waals surface area contributed by atoms with Crippen LogP contribution in [0.4, 0.5) is 5.69 Å². The molecule has 0 fully saturated rings. The fourth-order valence-corrected chi connectivity index (χ4v) is 5.04. The Labute approximate surface area is 153 Å². The molecule has 0 radical (unpaired) electrons. The molecule has 0 saturated heterocycles. The van der Waals surface area contributed by atoms with Gasteiger partial charge in [-0.15, -0.1) is 10.2 Å². The molecule has 0 bridgehead atoms. The number of hydrogen-bond donors (Lipinski definition) is 1. The van der Waals surface area contributed by atoms with E-state index >= 15 is 0 Å². The number of rotatable bonds is 8. The number of carbonyl (C=O) groups excluding carboxylic acids is 1. The lowest BCUT2D eigenvalue weighted by atomic mass is 10.3. The highest BCUT2D eigenvalue weighted by Crippen LogP contribution is 2.29. The quantitative estimate of drug-likeness (QED) is 0.677. The van der Waals surface area contributed by atoms with Crippen LogP contribution in [0.3, 0.4) is 0 Å². The lowest BCUT2D eigenvalue weighted by Crippen LogP contribution is -2.14. The molecule has 1 aromatic heterocycles. The van der Waals surface area contributed by atoms with Gasteiger partial charge in [0.2, 0.25) is 5.91 Å². The standard InChI is InChI=1S/C14H17N3O3S4/c1-3-7-21-13-16-17-14(23-13)22-9-12(18)15-10-5-4-6-11(8-10)24(2,19)20/h4-6,8H,3,7,9H2,1-2H3,(H,15,18). The minimum atomic E-state index is -3.30. The van der Waals surface area contributed by atoms with Gasteiger partial charge < -0.3 is 5.32 Å². The number of aromatic nitrogens is 2. The summed E-state index contributed by atoms with van der Waals surface area (Å²) in [6, 6.07) is 6.20. The Morgan fingerprint density at radius 3 is 2.62 bits per heavy atom. The highest BCUT2D eigenvalue weighted by molar-refractivity contribution is 8.03. The summed E-state index contributed by atoms with van der Waals surface area (Å²) in [5.41, 5.74) is 0.458. The second-order valence-electron chi connectivity index (χ2n) is 4.82. The molecule has 0 atom stereocenters. The Morgan fingerprint density at radius 2 is 1.96 bits per heavy atom. The molecular formula is C14H17N3O3S4. The topological polar surface area (TPSA) is 89.0 Å². The number of anilines is 1. The lowest BCUT2D eigenvalue weighted by Gasteiger charge is -2.06. The summed E-state index contributed by atoms with van der Waals surface area (Å²) < 4.78 is 24.7. The van der Waals surface area contributed by atoms with E-state index in [1.54, 1.807) is 23.9 Å². The Kier molecular flexibility index (Phi) is 7.08. The number of carbonyl (C=O) groups is 1. The second kappa shape index (κ2) is 8.84. The minimum absolute atomic E-state index is 0.176. The van der Waals surface area contributed by atoms with E-state index in [9.17, 15) is 13.2 Å². The molecule has 0 aliphatic rings. The van der Waals surface area contributed by atoms with Crippen LogP contribution in [0.1, 0.15) is 13.3 Å². The molecule has 0 saturated carbocycles. The van der Waals surface area contributed by atoms with Crippen LogP contribution in [0.15, 0.2) is 37.8 Å². The molecular weight excluding hydrogens is 386 g/mol. The van der Waals surface area contributed by atoms with Crippen LogP contribution in [0.5, 0.6) is 0 Å². The molecule has 0 spiro atoms. The summed E-state index contributed by atoms with van der Waals surface area (Å²) in [5, 5.41) is 10.8. The van der Waals surface area contributed by atoms with E-state index < -0.39 is 9.84 Å². The Hall–Kier alpha value is -1.10. The van der Waals surface area contributed by atoms with Crippen LogP contribution >= 0.6 is 34.9 Å². The minimum Gasteiger partial charge on any atom is -0.325 e. The molecule has 6 nitrogen and oxygen atoms in total. The molecule has 130 valence electrons. The van der Waals surface area contributed by atoms with Crippen molar-refractivity contribution in [3.8, 4) is 0 Å². The van der Waals surface area contributed by atoms with Gasteiger partial charge >= 0.3 is 0 Å². The number of nitrogens with zero attached hydrogens (tertiary/aromatic N) is 2. The predicted octanol–water partition coefficient (Wildman–Crippen LogP) is 3.17. The molecule has 24 heavy (non-hydrogen) atoms. The van der Waals surface area contributed by atoms with Crippen LogP contribution in [-0.4, -0.2) is 42.3 Å². The van der Waals surface area contributed by atoms with Crippen LogP contribution in [0.2, 0.25) is 0 Å². The summed E-state index contributed by atoms with van der Waals surface area (Å²) >= 11 is 4.44. The van der Waals surface area contributed by atoms with Crippen molar-refractivity contribution in [3.63, 3.8) is 0 Å². The average Bonchev–Trinajstić information content (AvgIpc) is 2.98. The normalized spacial score (nSPS) is 11.4. The van der Waals surface area contributed by atoms with Crippen molar-refractivity contribution in [2.75, 3.05) is 23.1 Å². The maximum atomic E-state index is 12.0. The molecule has 0 aliphatic heterocycles. The third kappa shape index (κ3) is 6.08. The predicted molar refractivity (Wildman–Crippen MR) is 99.8 cm³/mol. The summed E-state index contributed by atoms with van der Waals surface area (Å²) in [6.45, 7) is 2.10. The van der Waals surface area contributed by atoms with E-state index in [4.69, 9.17) is 0 Å². The van der Waals surface area contributed by atoms with Crippen LogP contribution in [0, 0.1) is 0 Å². The van der Waals surface area contributed by atoms with Gasteiger partial charge in [0.05, 0.1) is 10.6 Å². The molecule has 1 aromatic carbocycles. The lowest BCUT2D eigenvalue weighted by molar-refractivity contribution is -0.113. The van der Waals surface area contributed by atoms with E-state index in [0.29, 0.717) is 5.69 Å². The monoisotopic (exact) mass is 403 g/mol. The van der Waals surface area contributed by atoms with Gasteiger partial charge in [0.25, 0.3) is 0 Å². The van der Waals surface area contributed by atoms with E-state index in [1.807, 2.05) is 0 Å². The molecule has 10 heteroatoms. The van der Waals surface area contributed by atoms with E-state index in [2.05, 4.69) is 22.4 Å². The van der Waals surface area contributed by atoms with Crippen molar-refractivity contribution in [1.29, 1.82) is 0 Å². The Bertz CT molecular complexity index is 805. The number of sulfone groups is 1. The average molecular weight is 404 g/mol. The summed E-state index contributed by atoms with van der Waals surface area (Å²) in [7, 11) is -3.30. The highest BCUT2D eigenvalue weighted by Gasteiger charge is 2.11. The fraction of sp³-hybridized carbons (Fsp3) is 0.357. The number of hydrogen-bond acceptors (Lipinski definition) is 8. The smallest absolute Gasteiger partial charge is 0.234 e. The number of amides is 1. The second-order valence-corrected chi connectivity index (χ2v) is 10.4. The first kappa shape index (κ1) is 19.2. The molecule has 0 unspecified atom stereocenters. The van der Waals surface area contributed by atoms with Crippen molar-refractivity contribution in [2.24, 2.45) is 0 Å². The third-order valence-corrected chi connectivity index (χ3v) is 7.20. The molecule has 2 rings (SSSR count). The molecule has 0 aliphatic carbocycles. The van der Waals surface area contributed by atoms with Gasteiger partial charge in [-0.05, 0) is 24.6 Å². The van der Waals surface area contributed by atoms with E-state index in [1.165, 1.54) is 35.2 Å². The zero-order chi connectivity index (χ0) is 17.6. The zero-order valence-electron chi connectivity index (χ0n) is 13.2. The van der Waals surface area contributed by atoms with Gasteiger partial charge in [-0.2, -0.15) is 0 Å². The van der Waals surface area contributed by atoms with Gasteiger partial charge in [0, 0.05) is 17.7 Å². The number of nitrogens with one attached hydrogen (secondary N) is 1. The molecule has 2 aromatic rings. The maximum absolute atomic E-state index is 12.0. The Morgan fingerprint density at radius 1 is 1.25 bits per heavy atom. The SMILES string of the molecule is CCCSc1nnc(SCC(=O)Nc2cccc(S(C)(=O)=O)c2)s1. The van der Waals surface area contributed by atoms with Crippen molar-refractivity contribution in [2.45, 2.75) is 26.9 Å². The highest BCUT2D eigenvalue weighted by atomic mass is 32.2. The number of benzene rings is 1. The fourth-order valence-electron chi connectivity index (χ4n) is 1.63. The summed E-state index contributed by atoms with van der Waals surface area (Å²) in [4.78, 5) is 12.2. The molecule has 1 amide bonds. The first-order chi connectivity index (χ1) is 11.4. The van der Waals surface area contributed by atoms with Crippen molar-refractivity contribution < 1.29 is 13.2 Å². The van der Waals surface area contributed by atoms with Gasteiger partial charge in [0.15, 0.2) is 18.5 Å². The van der Waals surface area contributed by atoms with Gasteiger partial charge in [0.1, 0.15) is 0 Å². The zero-order valence-corrected chi connectivity index (χ0v) is 16.4. The van der Waals surface area contributed by atoms with E-state index in [0.717, 1.165) is 27.1 Å². The first-order valence-corrected chi connectivity index (χ1v) is 11.8. The molecule has 1 heterocycles. The van der Waals surface area contributed by atoms with Gasteiger partial charge in [-0.25, -0.2) is 8.42 Å². The third-order valence-electron chi connectivity index (χ3n) is 2.69. The first-order valence-electron chi connectivity index (χ1n) is 7.07. The van der Waals surface area contributed by atoms with Crippen LogP contribution < -0.4 is 5.32 Å². The van der Waals surface area contributed by atoms with Crippen LogP contribution in [-0.2, 0) is 14.6 Å². The number of thioether (sulfide) groups is 2. The summed E-state index contributed by atoms with van der Waals surface area (Å²) in [5.74, 6) is 0.968. The van der Waals surface area contributed by atoms with E-state index in [-0.39, 0.29) is 16.6 Å². The largest absolute Gasteiger partial charge is 0.325 e. The van der Waals surface area contributed by atoms with Crippen molar-refractivity contribution in [1.82, 2.24) is 10.2 Å². The summed E-state index contributed by atoms with van der Waals surface area (Å²) in [6.07, 6.45) is 2.20. The molecule has 1 N–H and O–H groups in total.